The highest BCUT2D eigenvalue weighted by atomic mass is 31.2. The highest BCUT2D eigenvalue weighted by Crippen LogP contribution is 2.43. The molecule has 0 radical (unpaired) electrons. The van der Waals surface area contributed by atoms with E-state index in [4.69, 9.17) is 23.3 Å². The topological polar surface area (TPSA) is 155 Å². The van der Waals surface area contributed by atoms with Gasteiger partial charge in [0.25, 0.3) is 0 Å². The van der Waals surface area contributed by atoms with Crippen LogP contribution in [0.3, 0.4) is 0 Å². The monoisotopic (exact) mass is 1100 g/mol. The van der Waals surface area contributed by atoms with Crippen molar-refractivity contribution in [2.24, 2.45) is 0 Å². The lowest BCUT2D eigenvalue weighted by atomic mass is 10.1. The molecule has 436 valence electrons. The zero-order valence-corrected chi connectivity index (χ0v) is 48.9. The van der Waals surface area contributed by atoms with E-state index in [0.29, 0.717) is 19.3 Å². The molecule has 0 aliphatic rings. The second-order valence-corrected chi connectivity index (χ2v) is 19.8. The molecule has 0 amide bonds. The van der Waals surface area contributed by atoms with E-state index in [1.807, 2.05) is 18.2 Å². The Bertz CT molecular complexity index is 1960. The van der Waals surface area contributed by atoms with Gasteiger partial charge in [0.15, 0.2) is 6.10 Å². The lowest BCUT2D eigenvalue weighted by Crippen LogP contribution is -2.30. The third-order valence-electron chi connectivity index (χ3n) is 11.1. The molecule has 12 heteroatoms. The van der Waals surface area contributed by atoms with E-state index in [1.54, 1.807) is 6.08 Å². The van der Waals surface area contributed by atoms with E-state index in [9.17, 15) is 28.9 Å². The predicted molar refractivity (Wildman–Crippen MR) is 325 cm³/mol. The van der Waals surface area contributed by atoms with Crippen molar-refractivity contribution in [3.05, 3.63) is 170 Å². The van der Waals surface area contributed by atoms with Gasteiger partial charge in [-0.05, 0) is 128 Å². The van der Waals surface area contributed by atoms with Crippen LogP contribution in [0.2, 0.25) is 0 Å². The van der Waals surface area contributed by atoms with Gasteiger partial charge in [-0.1, -0.05) is 210 Å². The highest BCUT2D eigenvalue weighted by Gasteiger charge is 2.28. The molecule has 0 spiro atoms. The number of esters is 3. The zero-order valence-electron chi connectivity index (χ0n) is 48.0. The van der Waals surface area contributed by atoms with Crippen molar-refractivity contribution in [2.45, 2.75) is 200 Å². The molecule has 0 fully saturated rings. The normalized spacial score (nSPS) is 14.6. The number of aliphatic hydroxyl groups excluding tert-OH is 1. The second-order valence-electron chi connectivity index (χ2n) is 18.3. The molecule has 0 aromatic rings. The first kappa shape index (κ1) is 72.8. The molecule has 3 unspecified atom stereocenters. The number of carbonyl (C=O) groups is 3. The Labute approximate surface area is 472 Å². The van der Waals surface area contributed by atoms with Gasteiger partial charge in [0.1, 0.15) is 12.7 Å². The average Bonchev–Trinajstić information content (AvgIpc) is 3.43. The Hall–Kier alpha value is -5.16. The van der Waals surface area contributed by atoms with Gasteiger partial charge in [-0.15, -0.1) is 0 Å². The van der Waals surface area contributed by atoms with Gasteiger partial charge < -0.3 is 24.2 Å². The van der Waals surface area contributed by atoms with Gasteiger partial charge in [-0.3, -0.25) is 23.4 Å². The van der Waals surface area contributed by atoms with Crippen LogP contribution in [0.15, 0.2) is 170 Å². The number of ether oxygens (including phenoxy) is 3. The molecule has 0 bridgehead atoms. The van der Waals surface area contributed by atoms with Crippen LogP contribution in [0.1, 0.15) is 188 Å². The largest absolute Gasteiger partial charge is 0.472 e. The van der Waals surface area contributed by atoms with Crippen molar-refractivity contribution < 1.29 is 52.2 Å². The number of phosphoric acid groups is 1. The van der Waals surface area contributed by atoms with Crippen molar-refractivity contribution in [1.82, 2.24) is 0 Å². The first-order chi connectivity index (χ1) is 38.2. The fourth-order valence-electron chi connectivity index (χ4n) is 6.86. The average molecular weight is 1100 g/mol. The Morgan fingerprint density at radius 1 is 0.372 bits per heavy atom. The molecular weight excluding hydrogens is 1000 g/mol. The molecule has 0 saturated carbocycles. The minimum Gasteiger partial charge on any atom is -0.462 e. The van der Waals surface area contributed by atoms with Crippen LogP contribution in [-0.4, -0.2) is 66.5 Å². The first-order valence-corrected chi connectivity index (χ1v) is 30.5. The Balaban J connectivity index is 4.94. The quantitative estimate of drug-likeness (QED) is 0.0197. The summed E-state index contributed by atoms with van der Waals surface area (Å²) in [5.41, 5.74) is 0. The van der Waals surface area contributed by atoms with Crippen molar-refractivity contribution >= 4 is 25.7 Å². The molecule has 11 nitrogen and oxygen atoms in total. The maximum atomic E-state index is 12.9. The van der Waals surface area contributed by atoms with E-state index in [-0.39, 0.29) is 25.9 Å². The van der Waals surface area contributed by atoms with Crippen LogP contribution < -0.4 is 0 Å². The Morgan fingerprint density at radius 2 is 0.679 bits per heavy atom. The fraction of sp³-hybridized carbons (Fsp3) is 0.530. The van der Waals surface area contributed by atoms with Gasteiger partial charge in [0, 0.05) is 12.8 Å². The lowest BCUT2D eigenvalue weighted by molar-refractivity contribution is -0.161. The molecule has 0 aromatic heterocycles. The van der Waals surface area contributed by atoms with Gasteiger partial charge in [0.05, 0.1) is 26.2 Å². The van der Waals surface area contributed by atoms with Gasteiger partial charge in [-0.2, -0.15) is 0 Å². The summed E-state index contributed by atoms with van der Waals surface area (Å²) in [6.45, 7) is 4.09. The van der Waals surface area contributed by atoms with Crippen molar-refractivity contribution in [3.8, 4) is 0 Å². The van der Waals surface area contributed by atoms with Gasteiger partial charge in [0.2, 0.25) is 0 Å². The molecule has 3 atom stereocenters. The predicted octanol–water partition coefficient (Wildman–Crippen LogP) is 17.5. The highest BCUT2D eigenvalue weighted by molar-refractivity contribution is 7.47. The zero-order chi connectivity index (χ0) is 56.9. The van der Waals surface area contributed by atoms with Crippen LogP contribution in [-0.2, 0) is 42.2 Å². The smallest absolute Gasteiger partial charge is 0.462 e. The summed E-state index contributed by atoms with van der Waals surface area (Å²) >= 11 is 0. The van der Waals surface area contributed by atoms with Crippen molar-refractivity contribution in [1.29, 1.82) is 0 Å². The minimum atomic E-state index is -4.80. The Morgan fingerprint density at radius 3 is 1.06 bits per heavy atom. The summed E-state index contributed by atoms with van der Waals surface area (Å²) in [5.74, 6) is -1.69. The van der Waals surface area contributed by atoms with Gasteiger partial charge >= 0.3 is 25.7 Å². The number of carbonyl (C=O) groups excluding carboxylic acids is 3. The van der Waals surface area contributed by atoms with Crippen LogP contribution in [0.25, 0.3) is 0 Å². The summed E-state index contributed by atoms with van der Waals surface area (Å²) in [5, 5.41) is 9.80. The SMILES string of the molecule is CC/C=C\C/C=C\C/C=C\C/C=C\C/C=C\CCCCCC(=O)OCC(COP(=O)(O)OCC(CO)OC(=O)C/C=C\C/C=C\C/C=C\C/C=C\C/C=C\CC)OC(=O)CCCCCC/C=C\C/C=C\C/C=C\C/C=C\CC. The molecule has 0 saturated heterocycles. The van der Waals surface area contributed by atoms with E-state index < -0.39 is 57.8 Å². The number of hydrogen-bond acceptors (Lipinski definition) is 10. The molecule has 78 heavy (non-hydrogen) atoms. The number of rotatable bonds is 51. The fourth-order valence-corrected chi connectivity index (χ4v) is 7.64. The number of allylic oxidation sites excluding steroid dienone is 27. The molecule has 2 N–H and O–H groups in total. The summed E-state index contributed by atoms with van der Waals surface area (Å²) in [6.07, 6.45) is 77.7. The standard InChI is InChI=1S/C66H101O11P/c1-4-7-10-13-16-19-22-25-28-30-31-33-35-37-40-43-46-49-52-55-64(68)73-59-63(77-66(70)57-54-51-48-45-42-39-36-32-29-26-23-20-17-14-11-8-5-2)61-75-78(71,72)74-60-62(58-67)76-65(69)56-53-50-47-44-41-38-34-27-24-21-18-15-12-9-6-3/h7-12,16-21,25-29,31,33-34,36-37,39-41,44,50,53,62-63,67H,4-6,13-15,22-24,30,32,35,38,42-43,45-49,51-52,54-61H2,1-3H3,(H,71,72)/b10-7-,11-8-,12-9-,19-16-,20-17-,21-18-,28-25-,29-26-,33-31-,34-27-,39-36-,40-37-,44-41-,53-50-. The molecular formula is C66H101O11P. The van der Waals surface area contributed by atoms with Crippen LogP contribution >= 0.6 is 7.82 Å². The number of unbranched alkanes of at least 4 members (excludes halogenated alkanes) is 7. The molecule has 0 aliphatic heterocycles. The lowest BCUT2D eigenvalue weighted by Gasteiger charge is -2.21. The summed E-state index contributed by atoms with van der Waals surface area (Å²) in [4.78, 5) is 48.5. The summed E-state index contributed by atoms with van der Waals surface area (Å²) in [7, 11) is -4.80. The van der Waals surface area contributed by atoms with Crippen LogP contribution in [0, 0.1) is 0 Å². The van der Waals surface area contributed by atoms with E-state index >= 15 is 0 Å². The first-order valence-electron chi connectivity index (χ1n) is 29.0. The molecule has 0 aliphatic carbocycles. The van der Waals surface area contributed by atoms with Crippen molar-refractivity contribution in [2.75, 3.05) is 26.4 Å². The van der Waals surface area contributed by atoms with Crippen molar-refractivity contribution in [3.63, 3.8) is 0 Å². The number of hydrogen-bond donors (Lipinski definition) is 2. The van der Waals surface area contributed by atoms with Crippen LogP contribution in [0.5, 0.6) is 0 Å². The van der Waals surface area contributed by atoms with E-state index in [1.165, 1.54) is 0 Å². The molecule has 0 aromatic carbocycles. The maximum Gasteiger partial charge on any atom is 0.472 e. The maximum absolute atomic E-state index is 12.9. The van der Waals surface area contributed by atoms with E-state index in [2.05, 4.69) is 167 Å². The third kappa shape index (κ3) is 55.6. The third-order valence-corrected chi connectivity index (χ3v) is 12.1. The number of phosphoric ester groups is 1. The number of aliphatic hydroxyl groups is 1. The Kier molecular flexibility index (Phi) is 54.2. The molecule has 0 heterocycles. The van der Waals surface area contributed by atoms with E-state index in [0.717, 1.165) is 128 Å². The minimum absolute atomic E-state index is 0.0692. The second kappa shape index (κ2) is 58.0. The summed E-state index contributed by atoms with van der Waals surface area (Å²) in [6, 6.07) is 0. The summed E-state index contributed by atoms with van der Waals surface area (Å²) < 4.78 is 39.4. The van der Waals surface area contributed by atoms with Crippen LogP contribution in [0.4, 0.5) is 0 Å². The molecule has 0 rings (SSSR count). The van der Waals surface area contributed by atoms with Gasteiger partial charge in [-0.25, -0.2) is 4.57 Å².